The highest BCUT2D eigenvalue weighted by atomic mass is 16.5. The second-order valence-electron chi connectivity index (χ2n) is 3.52. The van der Waals surface area contributed by atoms with E-state index in [9.17, 15) is 9.59 Å². The molecule has 8 heteroatoms. The number of nitrogens with zero attached hydrogens (tertiary/aromatic N) is 1. The van der Waals surface area contributed by atoms with Crippen LogP contribution in [0.5, 0.6) is 17.2 Å². The Hall–Kier alpha value is -2.77. The molecule has 1 aromatic carbocycles. The fourth-order valence-electron chi connectivity index (χ4n) is 1.40. The second kappa shape index (κ2) is 6.98. The number of methoxy groups -OCH3 is 3. The van der Waals surface area contributed by atoms with Gasteiger partial charge in [0.05, 0.1) is 27.5 Å². The van der Waals surface area contributed by atoms with Crippen LogP contribution >= 0.6 is 0 Å². The Bertz CT molecular complexity index is 517. The molecule has 2 amide bonds. The van der Waals surface area contributed by atoms with Crippen LogP contribution in [-0.4, -0.2) is 39.4 Å². The summed E-state index contributed by atoms with van der Waals surface area (Å²) in [5.74, 6) is -0.807. The molecule has 3 N–H and O–H groups in total. The summed E-state index contributed by atoms with van der Waals surface area (Å²) in [6.45, 7) is 0. The maximum atomic E-state index is 10.9. The van der Waals surface area contributed by atoms with Gasteiger partial charge in [-0.25, -0.2) is 5.43 Å². The van der Waals surface area contributed by atoms with Crippen molar-refractivity contribution in [2.45, 2.75) is 0 Å². The maximum absolute atomic E-state index is 10.9. The zero-order chi connectivity index (χ0) is 15.1. The molecular weight excluding hydrogens is 266 g/mol. The van der Waals surface area contributed by atoms with E-state index in [1.807, 2.05) is 5.43 Å². The molecule has 1 rings (SSSR count). The smallest absolute Gasteiger partial charge is 0.329 e. The number of nitrogens with two attached hydrogens (primary N) is 1. The molecule has 20 heavy (non-hydrogen) atoms. The highest BCUT2D eigenvalue weighted by molar-refractivity contribution is 6.34. The average Bonchev–Trinajstić information content (AvgIpc) is 2.45. The van der Waals surface area contributed by atoms with Gasteiger partial charge in [-0.05, 0) is 12.1 Å². The molecule has 0 bridgehead atoms. The van der Waals surface area contributed by atoms with E-state index in [1.165, 1.54) is 27.5 Å². The van der Waals surface area contributed by atoms with E-state index in [1.54, 1.807) is 12.1 Å². The first-order valence-electron chi connectivity index (χ1n) is 5.46. The van der Waals surface area contributed by atoms with Crippen LogP contribution in [-0.2, 0) is 9.59 Å². The van der Waals surface area contributed by atoms with Crippen LogP contribution in [0.3, 0.4) is 0 Å². The van der Waals surface area contributed by atoms with Gasteiger partial charge in [-0.2, -0.15) is 5.10 Å². The van der Waals surface area contributed by atoms with Crippen LogP contribution in [0.25, 0.3) is 0 Å². The predicted octanol–water partition coefficient (Wildman–Crippen LogP) is -0.352. The molecule has 0 fully saturated rings. The molecule has 0 atom stereocenters. The number of hydrogen-bond donors (Lipinski definition) is 2. The fourth-order valence-corrected chi connectivity index (χ4v) is 1.40. The lowest BCUT2D eigenvalue weighted by molar-refractivity contribution is -0.137. The molecule has 8 nitrogen and oxygen atoms in total. The third-order valence-corrected chi connectivity index (χ3v) is 2.29. The van der Waals surface area contributed by atoms with Gasteiger partial charge < -0.3 is 19.9 Å². The van der Waals surface area contributed by atoms with Gasteiger partial charge in [0.15, 0.2) is 11.5 Å². The van der Waals surface area contributed by atoms with Gasteiger partial charge in [-0.1, -0.05) is 0 Å². The third-order valence-electron chi connectivity index (χ3n) is 2.29. The molecule has 0 radical (unpaired) electrons. The van der Waals surface area contributed by atoms with Crippen molar-refractivity contribution in [3.63, 3.8) is 0 Å². The number of ether oxygens (including phenoxy) is 3. The average molecular weight is 281 g/mol. The van der Waals surface area contributed by atoms with Crippen LogP contribution in [0.15, 0.2) is 17.2 Å². The topological polar surface area (TPSA) is 112 Å². The summed E-state index contributed by atoms with van der Waals surface area (Å²) in [4.78, 5) is 21.4. The van der Waals surface area contributed by atoms with Crippen LogP contribution in [0.2, 0.25) is 0 Å². The summed E-state index contributed by atoms with van der Waals surface area (Å²) < 4.78 is 15.5. The molecule has 0 saturated heterocycles. The van der Waals surface area contributed by atoms with Crippen LogP contribution in [0, 0.1) is 0 Å². The van der Waals surface area contributed by atoms with Gasteiger partial charge in [0, 0.05) is 5.56 Å². The lowest BCUT2D eigenvalue weighted by atomic mass is 10.2. The summed E-state index contributed by atoms with van der Waals surface area (Å²) in [6, 6.07) is 3.25. The Labute approximate surface area is 115 Å². The molecular formula is C12H15N3O5. The summed E-state index contributed by atoms with van der Waals surface area (Å²) in [7, 11) is 4.45. The molecule has 1 aromatic rings. The minimum Gasteiger partial charge on any atom is -0.493 e. The van der Waals surface area contributed by atoms with E-state index in [2.05, 4.69) is 5.10 Å². The number of carbonyl (C=O) groups excluding carboxylic acids is 2. The van der Waals surface area contributed by atoms with E-state index in [4.69, 9.17) is 19.9 Å². The van der Waals surface area contributed by atoms with Crippen molar-refractivity contribution in [2.75, 3.05) is 21.3 Å². The van der Waals surface area contributed by atoms with E-state index in [-0.39, 0.29) is 0 Å². The zero-order valence-electron chi connectivity index (χ0n) is 11.3. The van der Waals surface area contributed by atoms with Crippen molar-refractivity contribution >= 4 is 18.0 Å². The van der Waals surface area contributed by atoms with E-state index < -0.39 is 11.8 Å². The number of nitrogens with one attached hydrogen (secondary N) is 1. The van der Waals surface area contributed by atoms with Crippen molar-refractivity contribution in [1.82, 2.24) is 5.43 Å². The van der Waals surface area contributed by atoms with Gasteiger partial charge in [0.1, 0.15) is 0 Å². The van der Waals surface area contributed by atoms with Crippen LogP contribution in [0.1, 0.15) is 5.56 Å². The van der Waals surface area contributed by atoms with Crippen molar-refractivity contribution in [1.29, 1.82) is 0 Å². The number of hydrogen-bond acceptors (Lipinski definition) is 6. The first kappa shape index (κ1) is 15.3. The third kappa shape index (κ3) is 3.61. The molecule has 0 aliphatic heterocycles. The molecule has 0 aliphatic carbocycles. The quantitative estimate of drug-likeness (QED) is 0.435. The second-order valence-corrected chi connectivity index (χ2v) is 3.52. The molecule has 108 valence electrons. The van der Waals surface area contributed by atoms with Crippen LogP contribution in [0.4, 0.5) is 0 Å². The molecule has 0 aromatic heterocycles. The maximum Gasteiger partial charge on any atom is 0.329 e. The summed E-state index contributed by atoms with van der Waals surface area (Å²) in [5.41, 5.74) is 7.31. The van der Waals surface area contributed by atoms with Gasteiger partial charge >= 0.3 is 11.8 Å². The fraction of sp³-hybridized carbons (Fsp3) is 0.250. The minimum absolute atomic E-state index is 0.438. The van der Waals surface area contributed by atoms with E-state index in [0.717, 1.165) is 0 Å². The van der Waals surface area contributed by atoms with E-state index in [0.29, 0.717) is 22.8 Å². The van der Waals surface area contributed by atoms with Gasteiger partial charge in [0.25, 0.3) is 0 Å². The number of benzene rings is 1. The number of primary amides is 1. The Morgan fingerprint density at radius 2 is 1.70 bits per heavy atom. The molecule has 0 heterocycles. The molecule has 0 spiro atoms. The first-order chi connectivity index (χ1) is 9.53. The lowest BCUT2D eigenvalue weighted by Gasteiger charge is -2.12. The van der Waals surface area contributed by atoms with Crippen molar-refractivity contribution < 1.29 is 23.8 Å². The highest BCUT2D eigenvalue weighted by Crippen LogP contribution is 2.37. The molecule has 0 aliphatic rings. The Balaban J connectivity index is 2.99. The normalized spacial score (nSPS) is 10.2. The Kier molecular flexibility index (Phi) is 5.33. The van der Waals surface area contributed by atoms with Gasteiger partial charge in [-0.15, -0.1) is 0 Å². The number of rotatable bonds is 5. The standard InChI is InChI=1S/C12H15N3O5/c1-18-8-4-7(5-9(19-2)10(8)20-3)6-14-15-12(17)11(13)16/h4-6H,1-3H3,(H2,13,16)(H,15,17). The largest absolute Gasteiger partial charge is 0.493 e. The van der Waals surface area contributed by atoms with Crippen molar-refractivity contribution in [3.8, 4) is 17.2 Å². The SMILES string of the molecule is COc1cc(C=NNC(=O)C(N)=O)cc(OC)c1OC. The zero-order valence-corrected chi connectivity index (χ0v) is 11.3. The van der Waals surface area contributed by atoms with Gasteiger partial charge in [-0.3, -0.25) is 9.59 Å². The Morgan fingerprint density at radius 1 is 1.15 bits per heavy atom. The number of carbonyl (C=O) groups is 2. The number of hydrazone groups is 1. The minimum atomic E-state index is -1.12. The van der Waals surface area contributed by atoms with E-state index >= 15 is 0 Å². The summed E-state index contributed by atoms with van der Waals surface area (Å²) in [5, 5.41) is 3.59. The summed E-state index contributed by atoms with van der Waals surface area (Å²) in [6.07, 6.45) is 1.31. The summed E-state index contributed by atoms with van der Waals surface area (Å²) >= 11 is 0. The molecule has 0 unspecified atom stereocenters. The van der Waals surface area contributed by atoms with Gasteiger partial charge in [0.2, 0.25) is 5.75 Å². The highest BCUT2D eigenvalue weighted by Gasteiger charge is 2.12. The Morgan fingerprint density at radius 3 is 2.10 bits per heavy atom. The van der Waals surface area contributed by atoms with Crippen molar-refractivity contribution in [3.05, 3.63) is 17.7 Å². The van der Waals surface area contributed by atoms with Crippen LogP contribution < -0.4 is 25.4 Å². The van der Waals surface area contributed by atoms with Crippen molar-refractivity contribution in [2.24, 2.45) is 10.8 Å². The predicted molar refractivity (Wildman–Crippen MR) is 71.0 cm³/mol. The molecule has 0 saturated carbocycles. The monoisotopic (exact) mass is 281 g/mol. The number of amides is 2. The first-order valence-corrected chi connectivity index (χ1v) is 5.46. The lowest BCUT2D eigenvalue weighted by Crippen LogP contribution is -2.32.